The van der Waals surface area contributed by atoms with Gasteiger partial charge in [0.2, 0.25) is 0 Å². The second-order valence-electron chi connectivity index (χ2n) is 2.36. The summed E-state index contributed by atoms with van der Waals surface area (Å²) in [5, 5.41) is 2.72. The van der Waals surface area contributed by atoms with E-state index < -0.39 is 0 Å². The van der Waals surface area contributed by atoms with E-state index in [4.69, 9.17) is 0 Å². The van der Waals surface area contributed by atoms with E-state index in [1.54, 1.807) is 24.9 Å². The molecule has 0 saturated heterocycles. The first-order valence-corrected chi connectivity index (χ1v) is 3.37. The summed E-state index contributed by atoms with van der Waals surface area (Å²) in [6.07, 6.45) is 1.66. The first-order valence-electron chi connectivity index (χ1n) is 3.37. The van der Waals surface area contributed by atoms with E-state index in [2.05, 4.69) is 10.3 Å². The van der Waals surface area contributed by atoms with Crippen molar-refractivity contribution in [1.82, 2.24) is 9.55 Å². The molecule has 0 radical (unpaired) electrons. The molecule has 0 aliphatic rings. The van der Waals surface area contributed by atoms with Crippen LogP contribution < -0.4 is 10.9 Å². The fraction of sp³-hybridized carbons (Fsp3) is 0.429. The van der Waals surface area contributed by atoms with Gasteiger partial charge in [-0.1, -0.05) is 0 Å². The summed E-state index contributed by atoms with van der Waals surface area (Å²) in [6, 6.07) is 0. The molecule has 60 valence electrons. The molecule has 0 aliphatic heterocycles. The number of nitrogens with one attached hydrogen (secondary N) is 1. The molecular formula is C7H11N3O. The van der Waals surface area contributed by atoms with E-state index >= 15 is 0 Å². The molecule has 0 saturated carbocycles. The Morgan fingerprint density at radius 1 is 1.64 bits per heavy atom. The summed E-state index contributed by atoms with van der Waals surface area (Å²) < 4.78 is 1.55. The number of hydrogen-bond donors (Lipinski definition) is 1. The van der Waals surface area contributed by atoms with Gasteiger partial charge in [0.05, 0.1) is 0 Å². The van der Waals surface area contributed by atoms with Crippen molar-refractivity contribution in [3.05, 3.63) is 22.2 Å². The molecular weight excluding hydrogens is 142 g/mol. The SMILES string of the molecule is CNc1ncc(C)n(C)c1=O. The number of aryl methyl sites for hydroxylation is 1. The van der Waals surface area contributed by atoms with Crippen molar-refractivity contribution in [3.63, 3.8) is 0 Å². The quantitative estimate of drug-likeness (QED) is 0.623. The summed E-state index contributed by atoms with van der Waals surface area (Å²) >= 11 is 0. The fourth-order valence-corrected chi connectivity index (χ4v) is 0.790. The lowest BCUT2D eigenvalue weighted by atomic mass is 10.5. The number of anilines is 1. The van der Waals surface area contributed by atoms with Crippen molar-refractivity contribution >= 4 is 5.82 Å². The van der Waals surface area contributed by atoms with Gasteiger partial charge in [-0.15, -0.1) is 0 Å². The Labute approximate surface area is 64.9 Å². The lowest BCUT2D eigenvalue weighted by Gasteiger charge is -2.03. The molecule has 1 aromatic heterocycles. The maximum absolute atomic E-state index is 11.3. The lowest BCUT2D eigenvalue weighted by molar-refractivity contribution is 0.802. The molecule has 4 heteroatoms. The minimum absolute atomic E-state index is 0.0903. The normalized spacial score (nSPS) is 9.73. The minimum Gasteiger partial charge on any atom is -0.369 e. The van der Waals surface area contributed by atoms with E-state index in [0.717, 1.165) is 5.69 Å². The van der Waals surface area contributed by atoms with Crippen molar-refractivity contribution in [2.24, 2.45) is 7.05 Å². The standard InChI is InChI=1S/C7H11N3O/c1-5-4-9-6(8-2)7(11)10(5)3/h4H,1-3H3,(H,8,9). The van der Waals surface area contributed by atoms with Crippen LogP contribution in [-0.4, -0.2) is 16.6 Å². The third kappa shape index (κ3) is 1.24. The molecule has 1 heterocycles. The van der Waals surface area contributed by atoms with Gasteiger partial charge in [-0.25, -0.2) is 4.98 Å². The van der Waals surface area contributed by atoms with Gasteiger partial charge in [0.1, 0.15) is 0 Å². The van der Waals surface area contributed by atoms with Gasteiger partial charge in [0.15, 0.2) is 5.82 Å². The Morgan fingerprint density at radius 3 is 2.82 bits per heavy atom. The van der Waals surface area contributed by atoms with Crippen molar-refractivity contribution in [2.75, 3.05) is 12.4 Å². The number of hydrogen-bond acceptors (Lipinski definition) is 3. The smallest absolute Gasteiger partial charge is 0.293 e. The number of aromatic nitrogens is 2. The minimum atomic E-state index is -0.0903. The van der Waals surface area contributed by atoms with Gasteiger partial charge in [0.25, 0.3) is 5.56 Å². The first kappa shape index (κ1) is 7.78. The van der Waals surface area contributed by atoms with Crippen molar-refractivity contribution in [2.45, 2.75) is 6.92 Å². The Balaban J connectivity index is 3.37. The van der Waals surface area contributed by atoms with Crippen LogP contribution in [0.5, 0.6) is 0 Å². The van der Waals surface area contributed by atoms with Crippen LogP contribution in [0.15, 0.2) is 11.0 Å². The van der Waals surface area contributed by atoms with Gasteiger partial charge in [-0.05, 0) is 6.92 Å². The highest BCUT2D eigenvalue weighted by Gasteiger charge is 2.00. The maximum atomic E-state index is 11.3. The van der Waals surface area contributed by atoms with Crippen molar-refractivity contribution < 1.29 is 0 Å². The second kappa shape index (κ2) is 2.74. The molecule has 0 fully saturated rings. The van der Waals surface area contributed by atoms with Crippen LogP contribution in [0.25, 0.3) is 0 Å². The van der Waals surface area contributed by atoms with Crippen LogP contribution in [0.3, 0.4) is 0 Å². The van der Waals surface area contributed by atoms with Gasteiger partial charge in [-0.3, -0.25) is 4.79 Å². The second-order valence-corrected chi connectivity index (χ2v) is 2.36. The highest BCUT2D eigenvalue weighted by atomic mass is 16.1. The molecule has 0 aliphatic carbocycles. The highest BCUT2D eigenvalue weighted by Crippen LogP contribution is 1.93. The Hall–Kier alpha value is -1.32. The molecule has 4 nitrogen and oxygen atoms in total. The van der Waals surface area contributed by atoms with E-state index in [9.17, 15) is 4.79 Å². The maximum Gasteiger partial charge on any atom is 0.293 e. The average Bonchev–Trinajstić information content (AvgIpc) is 2.01. The first-order chi connectivity index (χ1) is 5.16. The molecule has 0 bridgehead atoms. The monoisotopic (exact) mass is 153 g/mol. The molecule has 1 rings (SSSR count). The molecule has 0 unspecified atom stereocenters. The third-order valence-corrected chi connectivity index (χ3v) is 1.65. The van der Waals surface area contributed by atoms with Crippen LogP contribution in [0.4, 0.5) is 5.82 Å². The zero-order chi connectivity index (χ0) is 8.43. The van der Waals surface area contributed by atoms with Crippen molar-refractivity contribution in [3.8, 4) is 0 Å². The third-order valence-electron chi connectivity index (χ3n) is 1.65. The predicted molar refractivity (Wildman–Crippen MR) is 43.8 cm³/mol. The molecule has 0 amide bonds. The van der Waals surface area contributed by atoms with E-state index in [1.165, 1.54) is 0 Å². The van der Waals surface area contributed by atoms with Crippen molar-refractivity contribution in [1.29, 1.82) is 0 Å². The topological polar surface area (TPSA) is 46.9 Å². The average molecular weight is 153 g/mol. The molecule has 11 heavy (non-hydrogen) atoms. The van der Waals surface area contributed by atoms with Gasteiger partial charge < -0.3 is 9.88 Å². The van der Waals surface area contributed by atoms with E-state index in [1.807, 2.05) is 6.92 Å². The fourth-order valence-electron chi connectivity index (χ4n) is 0.790. The predicted octanol–water partition coefficient (Wildman–Crippen LogP) is 0.130. The summed E-state index contributed by atoms with van der Waals surface area (Å²) in [7, 11) is 3.40. The van der Waals surface area contributed by atoms with Crippen LogP contribution in [0.2, 0.25) is 0 Å². The van der Waals surface area contributed by atoms with Gasteiger partial charge in [0, 0.05) is 26.0 Å². The molecule has 1 N–H and O–H groups in total. The zero-order valence-corrected chi connectivity index (χ0v) is 6.88. The Morgan fingerprint density at radius 2 is 2.27 bits per heavy atom. The van der Waals surface area contributed by atoms with E-state index in [-0.39, 0.29) is 5.56 Å². The van der Waals surface area contributed by atoms with Gasteiger partial charge >= 0.3 is 0 Å². The molecule has 0 spiro atoms. The highest BCUT2D eigenvalue weighted by molar-refractivity contribution is 5.30. The van der Waals surface area contributed by atoms with Crippen LogP contribution >= 0.6 is 0 Å². The zero-order valence-electron chi connectivity index (χ0n) is 6.88. The number of rotatable bonds is 1. The molecule has 0 atom stereocenters. The largest absolute Gasteiger partial charge is 0.369 e. The van der Waals surface area contributed by atoms with Gasteiger partial charge in [-0.2, -0.15) is 0 Å². The summed E-state index contributed by atoms with van der Waals surface area (Å²) in [6.45, 7) is 1.84. The summed E-state index contributed by atoms with van der Waals surface area (Å²) in [5.74, 6) is 0.387. The van der Waals surface area contributed by atoms with Crippen LogP contribution in [-0.2, 0) is 7.05 Å². The summed E-state index contributed by atoms with van der Waals surface area (Å²) in [5.41, 5.74) is 0.765. The summed E-state index contributed by atoms with van der Waals surface area (Å²) in [4.78, 5) is 15.2. The molecule has 0 aromatic carbocycles. The molecule has 1 aromatic rings. The Kier molecular flexibility index (Phi) is 1.94. The number of nitrogens with zero attached hydrogens (tertiary/aromatic N) is 2. The lowest BCUT2D eigenvalue weighted by Crippen LogP contribution is -2.22. The van der Waals surface area contributed by atoms with Crippen LogP contribution in [0, 0.1) is 6.92 Å². The van der Waals surface area contributed by atoms with E-state index in [0.29, 0.717) is 5.82 Å². The Bertz CT molecular complexity index is 316. The van der Waals surface area contributed by atoms with Crippen LogP contribution in [0.1, 0.15) is 5.69 Å².